The first-order chi connectivity index (χ1) is 12.5. The fraction of sp³-hybridized carbons (Fsp3) is 0.389. The Bertz CT molecular complexity index is 840. The molecule has 8 nitrogen and oxygen atoms in total. The van der Waals surface area contributed by atoms with Gasteiger partial charge in [0.05, 0.1) is 11.5 Å². The largest absolute Gasteiger partial charge is 0.472 e. The van der Waals surface area contributed by atoms with Gasteiger partial charge in [-0.1, -0.05) is 6.07 Å². The molecule has 0 aliphatic carbocycles. The lowest BCUT2D eigenvalue weighted by molar-refractivity contribution is -0.385. The second-order valence-corrected chi connectivity index (χ2v) is 6.28. The Morgan fingerprint density at radius 2 is 2.15 bits per heavy atom. The van der Waals surface area contributed by atoms with Gasteiger partial charge in [0.1, 0.15) is 11.9 Å². The number of aromatic nitrogens is 2. The predicted molar refractivity (Wildman–Crippen MR) is 94.2 cm³/mol. The zero-order chi connectivity index (χ0) is 18.7. The molecule has 2 aromatic rings. The number of carbonyl (C=O) groups is 1. The van der Waals surface area contributed by atoms with Crippen molar-refractivity contribution in [1.82, 2.24) is 14.9 Å². The predicted octanol–water partition coefficient (Wildman–Crippen LogP) is 2.69. The minimum absolute atomic E-state index is 0.0443. The maximum Gasteiger partial charge on any atom is 0.273 e. The number of benzene rings is 1. The molecule has 1 aliphatic rings. The zero-order valence-electron chi connectivity index (χ0n) is 14.7. The van der Waals surface area contributed by atoms with Crippen LogP contribution in [0.25, 0.3) is 0 Å². The van der Waals surface area contributed by atoms with Crippen molar-refractivity contribution in [2.24, 2.45) is 0 Å². The topological polar surface area (TPSA) is 98.5 Å². The summed E-state index contributed by atoms with van der Waals surface area (Å²) in [7, 11) is 0. The number of likely N-dealkylation sites (tertiary alicyclic amines) is 1. The summed E-state index contributed by atoms with van der Waals surface area (Å²) in [6.07, 6.45) is 3.09. The molecule has 0 saturated carbocycles. The average Bonchev–Trinajstić information content (AvgIpc) is 2.61. The van der Waals surface area contributed by atoms with E-state index < -0.39 is 4.92 Å². The molecule has 2 heterocycles. The van der Waals surface area contributed by atoms with E-state index in [1.807, 2.05) is 0 Å². The number of hydrogen-bond donors (Lipinski definition) is 0. The molecule has 26 heavy (non-hydrogen) atoms. The molecular formula is C18H20N4O4. The lowest BCUT2D eigenvalue weighted by Gasteiger charge is -2.33. The van der Waals surface area contributed by atoms with Crippen molar-refractivity contribution in [2.75, 3.05) is 13.1 Å². The molecule has 1 fully saturated rings. The molecule has 1 aliphatic heterocycles. The Labute approximate surface area is 151 Å². The highest BCUT2D eigenvalue weighted by Gasteiger charge is 2.28. The van der Waals surface area contributed by atoms with Crippen LogP contribution in [-0.2, 0) is 0 Å². The number of piperidine rings is 1. The summed E-state index contributed by atoms with van der Waals surface area (Å²) in [6.45, 7) is 4.41. The summed E-state index contributed by atoms with van der Waals surface area (Å²) in [5.41, 5.74) is 0.701. The monoisotopic (exact) mass is 356 g/mol. The van der Waals surface area contributed by atoms with Crippen LogP contribution in [0.5, 0.6) is 5.88 Å². The summed E-state index contributed by atoms with van der Waals surface area (Å²) in [5, 5.41) is 11.1. The summed E-state index contributed by atoms with van der Waals surface area (Å²) in [6, 6.07) is 6.27. The van der Waals surface area contributed by atoms with E-state index in [4.69, 9.17) is 4.74 Å². The van der Waals surface area contributed by atoms with Crippen LogP contribution >= 0.6 is 0 Å². The molecule has 8 heteroatoms. The average molecular weight is 356 g/mol. The van der Waals surface area contributed by atoms with Gasteiger partial charge >= 0.3 is 0 Å². The van der Waals surface area contributed by atoms with E-state index in [2.05, 4.69) is 9.97 Å². The fourth-order valence-electron chi connectivity index (χ4n) is 3.11. The van der Waals surface area contributed by atoms with Crippen molar-refractivity contribution in [1.29, 1.82) is 0 Å². The molecule has 1 amide bonds. The van der Waals surface area contributed by atoms with Gasteiger partial charge in [0, 0.05) is 36.0 Å². The van der Waals surface area contributed by atoms with Crippen molar-refractivity contribution < 1.29 is 14.5 Å². The van der Waals surface area contributed by atoms with Gasteiger partial charge < -0.3 is 9.64 Å². The van der Waals surface area contributed by atoms with Crippen LogP contribution in [-0.4, -0.2) is 44.9 Å². The molecule has 1 unspecified atom stereocenters. The fourth-order valence-corrected chi connectivity index (χ4v) is 3.11. The third-order valence-electron chi connectivity index (χ3n) is 4.44. The Morgan fingerprint density at radius 3 is 2.88 bits per heavy atom. The van der Waals surface area contributed by atoms with Crippen molar-refractivity contribution >= 4 is 11.6 Å². The molecule has 3 rings (SSSR count). The first kappa shape index (κ1) is 17.8. The van der Waals surface area contributed by atoms with Gasteiger partial charge in [-0.25, -0.2) is 4.98 Å². The Kier molecular flexibility index (Phi) is 5.11. The lowest BCUT2D eigenvalue weighted by Crippen LogP contribution is -2.44. The van der Waals surface area contributed by atoms with E-state index >= 15 is 0 Å². The van der Waals surface area contributed by atoms with Crippen molar-refractivity contribution in [3.63, 3.8) is 0 Å². The Morgan fingerprint density at radius 1 is 1.35 bits per heavy atom. The maximum atomic E-state index is 12.9. The van der Waals surface area contributed by atoms with Crippen LogP contribution in [0.4, 0.5) is 5.69 Å². The second kappa shape index (κ2) is 7.47. The smallest absolute Gasteiger partial charge is 0.273 e. The normalized spacial score (nSPS) is 17.0. The highest BCUT2D eigenvalue weighted by atomic mass is 16.6. The van der Waals surface area contributed by atoms with E-state index in [9.17, 15) is 14.9 Å². The number of rotatable bonds is 4. The van der Waals surface area contributed by atoms with Crippen LogP contribution in [0.3, 0.4) is 0 Å². The highest BCUT2D eigenvalue weighted by Crippen LogP contribution is 2.24. The van der Waals surface area contributed by atoms with Gasteiger partial charge in [0.15, 0.2) is 0 Å². The lowest BCUT2D eigenvalue weighted by atomic mass is 10.0. The van der Waals surface area contributed by atoms with Gasteiger partial charge in [-0.3, -0.25) is 14.9 Å². The first-order valence-corrected chi connectivity index (χ1v) is 8.45. The third kappa shape index (κ3) is 3.79. The standard InChI is InChI=1S/C18H20N4O4/c1-12-15(6-3-7-16(12)22(24)25)18(23)21-10-4-5-14(11-21)26-17-8-9-19-13(2)20-17/h3,6-9,14H,4-5,10-11H2,1-2H3. The first-order valence-electron chi connectivity index (χ1n) is 8.45. The summed E-state index contributed by atoms with van der Waals surface area (Å²) in [4.78, 5) is 33.5. The number of carbonyl (C=O) groups excluding carboxylic acids is 1. The van der Waals surface area contributed by atoms with Gasteiger partial charge in [-0.2, -0.15) is 4.98 Å². The van der Waals surface area contributed by atoms with Gasteiger partial charge in [-0.15, -0.1) is 0 Å². The van der Waals surface area contributed by atoms with Crippen molar-refractivity contribution in [3.8, 4) is 5.88 Å². The quantitative estimate of drug-likeness (QED) is 0.617. The molecule has 1 atom stereocenters. The number of nitrogens with zero attached hydrogens (tertiary/aromatic N) is 4. The molecular weight excluding hydrogens is 336 g/mol. The zero-order valence-corrected chi connectivity index (χ0v) is 14.7. The number of ether oxygens (including phenoxy) is 1. The SMILES string of the molecule is Cc1nccc(OC2CCCN(C(=O)c3cccc([N+](=O)[O-])c3C)C2)n1. The molecule has 0 bridgehead atoms. The molecule has 1 aromatic heterocycles. The minimum atomic E-state index is -0.467. The van der Waals surface area contributed by atoms with Crippen molar-refractivity contribution in [2.45, 2.75) is 32.8 Å². The Balaban J connectivity index is 1.74. The van der Waals surface area contributed by atoms with Crippen LogP contribution in [0.1, 0.15) is 34.6 Å². The van der Waals surface area contributed by atoms with E-state index in [1.54, 1.807) is 43.1 Å². The van der Waals surface area contributed by atoms with Crippen LogP contribution < -0.4 is 4.74 Å². The summed E-state index contributed by atoms with van der Waals surface area (Å²) in [5.74, 6) is 0.903. The van der Waals surface area contributed by atoms with Gasteiger partial charge in [-0.05, 0) is 32.8 Å². The van der Waals surface area contributed by atoms with Gasteiger partial charge in [0.25, 0.3) is 11.6 Å². The number of nitro groups is 1. The maximum absolute atomic E-state index is 12.9. The number of amides is 1. The highest BCUT2D eigenvalue weighted by molar-refractivity contribution is 5.96. The Hall–Kier alpha value is -3.03. The molecule has 0 spiro atoms. The molecule has 1 aromatic carbocycles. The number of hydrogen-bond acceptors (Lipinski definition) is 6. The number of nitro benzene ring substituents is 1. The molecule has 0 radical (unpaired) electrons. The van der Waals surface area contributed by atoms with E-state index in [-0.39, 0.29) is 17.7 Å². The van der Waals surface area contributed by atoms with Crippen LogP contribution in [0.2, 0.25) is 0 Å². The molecule has 0 N–H and O–H groups in total. The molecule has 1 saturated heterocycles. The van der Waals surface area contributed by atoms with Crippen LogP contribution in [0, 0.1) is 24.0 Å². The third-order valence-corrected chi connectivity index (χ3v) is 4.44. The minimum Gasteiger partial charge on any atom is -0.472 e. The van der Waals surface area contributed by atoms with E-state index in [0.29, 0.717) is 35.9 Å². The summed E-state index contributed by atoms with van der Waals surface area (Å²) >= 11 is 0. The van der Waals surface area contributed by atoms with Crippen LogP contribution in [0.15, 0.2) is 30.5 Å². The van der Waals surface area contributed by atoms with E-state index in [1.165, 1.54) is 6.07 Å². The molecule has 136 valence electrons. The van der Waals surface area contributed by atoms with Gasteiger partial charge in [0.2, 0.25) is 5.88 Å². The van der Waals surface area contributed by atoms with Crippen molar-refractivity contribution in [3.05, 3.63) is 57.5 Å². The summed E-state index contributed by atoms with van der Waals surface area (Å²) < 4.78 is 5.89. The number of aryl methyl sites for hydroxylation is 1. The second-order valence-electron chi connectivity index (χ2n) is 6.28. The van der Waals surface area contributed by atoms with E-state index in [0.717, 1.165) is 12.8 Å².